The number of nitrogens with zero attached hydrogens (tertiary/aromatic N) is 3. The zero-order valence-corrected chi connectivity index (χ0v) is 26.2. The van der Waals surface area contributed by atoms with E-state index < -0.39 is 29.2 Å². The number of morpholine rings is 1. The Bertz CT molecular complexity index is 1650. The van der Waals surface area contributed by atoms with E-state index in [1.54, 1.807) is 18.5 Å². The Balaban J connectivity index is 1.44. The second-order valence-corrected chi connectivity index (χ2v) is 12.8. The van der Waals surface area contributed by atoms with E-state index in [4.69, 9.17) is 30.5 Å². The zero-order valence-electron chi connectivity index (χ0n) is 24.6. The van der Waals surface area contributed by atoms with Gasteiger partial charge in [-0.05, 0) is 30.5 Å². The van der Waals surface area contributed by atoms with Crippen molar-refractivity contribution in [3.63, 3.8) is 0 Å². The normalized spacial score (nSPS) is 18.0. The lowest BCUT2D eigenvalue weighted by atomic mass is 9.75. The lowest BCUT2D eigenvalue weighted by Gasteiger charge is -2.49. The third-order valence-corrected chi connectivity index (χ3v) is 9.19. The number of ether oxygens (including phenoxy) is 4. The van der Waals surface area contributed by atoms with Gasteiger partial charge in [0.15, 0.2) is 4.88 Å². The minimum absolute atomic E-state index is 0.156. The molecule has 4 aromatic rings. The van der Waals surface area contributed by atoms with Crippen LogP contribution < -0.4 is 9.47 Å². The van der Waals surface area contributed by atoms with Gasteiger partial charge >= 0.3 is 12.1 Å². The predicted octanol–water partition coefficient (Wildman–Crippen LogP) is 6.84. The maximum Gasteiger partial charge on any atom is 0.407 e. The first-order chi connectivity index (χ1) is 20.4. The number of carboxylic acid groups (broad SMARTS) is 1. The zero-order chi connectivity index (χ0) is 30.9. The average Bonchev–Trinajstić information content (AvgIpc) is 3.59. The molecule has 0 spiro atoms. The highest BCUT2D eigenvalue weighted by Gasteiger charge is 2.48. The molecular weight excluding hydrogens is 594 g/mol. The standard InChI is InChI=1S/C31H34ClN3O7S/c1-19(21-8-6-7-9-22(21)32)42-25-15-26(43-27(25)28(36)39-5)35-18-33-23-11-10-20(14-24(23)35)40-17-31(30(2,3)4)16-34(29(37)38)12-13-41-31/h6-11,14-15,18-19H,12-13,16-17H2,1-5H3,(H,37,38)/t19-,31-/m1/s1. The Morgan fingerprint density at radius 2 is 1.98 bits per heavy atom. The summed E-state index contributed by atoms with van der Waals surface area (Å²) >= 11 is 7.60. The quantitative estimate of drug-likeness (QED) is 0.211. The van der Waals surface area contributed by atoms with E-state index in [1.807, 2.05) is 68.7 Å². The molecule has 1 amide bonds. The van der Waals surface area contributed by atoms with Gasteiger partial charge in [0.2, 0.25) is 0 Å². The summed E-state index contributed by atoms with van der Waals surface area (Å²) in [5.41, 5.74) is 1.04. The van der Waals surface area contributed by atoms with Crippen LogP contribution in [-0.4, -0.2) is 70.6 Å². The maximum atomic E-state index is 12.7. The van der Waals surface area contributed by atoms with Crippen LogP contribution in [0, 0.1) is 5.41 Å². The molecule has 10 nitrogen and oxygen atoms in total. The Morgan fingerprint density at radius 3 is 2.67 bits per heavy atom. The molecule has 0 radical (unpaired) electrons. The first kappa shape index (κ1) is 30.7. The lowest BCUT2D eigenvalue weighted by Crippen LogP contribution is -2.62. The van der Waals surface area contributed by atoms with Crippen molar-refractivity contribution in [2.24, 2.45) is 5.41 Å². The molecule has 0 unspecified atom stereocenters. The lowest BCUT2D eigenvalue weighted by molar-refractivity contribution is -0.175. The second-order valence-electron chi connectivity index (χ2n) is 11.4. The summed E-state index contributed by atoms with van der Waals surface area (Å²) in [7, 11) is 1.33. The molecular formula is C31H34ClN3O7S. The molecule has 1 fully saturated rings. The summed E-state index contributed by atoms with van der Waals surface area (Å²) < 4.78 is 25.6. The molecule has 1 N–H and O–H groups in total. The van der Waals surface area contributed by atoms with Gasteiger partial charge in [-0.3, -0.25) is 4.57 Å². The van der Waals surface area contributed by atoms with Gasteiger partial charge in [-0.2, -0.15) is 0 Å². The van der Waals surface area contributed by atoms with Crippen LogP contribution >= 0.6 is 22.9 Å². The number of methoxy groups -OCH3 is 1. The number of amides is 1. The summed E-state index contributed by atoms with van der Waals surface area (Å²) in [4.78, 5) is 30.7. The van der Waals surface area contributed by atoms with Crippen LogP contribution in [0.1, 0.15) is 49.0 Å². The number of thiophene rings is 1. The smallest absolute Gasteiger partial charge is 0.407 e. The SMILES string of the molecule is COC(=O)c1sc(-n2cnc3ccc(OC[C@@]4(C(C)(C)C)CN(C(=O)O)CCO4)cc32)cc1O[C@H](C)c1ccccc1Cl. The monoisotopic (exact) mass is 627 g/mol. The molecule has 5 rings (SSSR count). The summed E-state index contributed by atoms with van der Waals surface area (Å²) in [5.74, 6) is 0.432. The van der Waals surface area contributed by atoms with Crippen molar-refractivity contribution in [1.82, 2.24) is 14.5 Å². The molecule has 12 heteroatoms. The number of imidazole rings is 1. The number of aromatic nitrogens is 2. The van der Waals surface area contributed by atoms with Gasteiger partial charge in [-0.15, -0.1) is 11.3 Å². The number of fused-ring (bicyclic) bond motifs is 1. The highest BCUT2D eigenvalue weighted by molar-refractivity contribution is 7.16. The van der Waals surface area contributed by atoms with E-state index in [1.165, 1.54) is 23.3 Å². The molecule has 1 aliphatic rings. The maximum absolute atomic E-state index is 12.7. The molecule has 2 aromatic carbocycles. The van der Waals surface area contributed by atoms with Gasteiger partial charge in [0.25, 0.3) is 0 Å². The van der Waals surface area contributed by atoms with Crippen molar-refractivity contribution in [2.75, 3.05) is 33.4 Å². The molecule has 228 valence electrons. The molecule has 1 saturated heterocycles. The highest BCUT2D eigenvalue weighted by Crippen LogP contribution is 2.39. The van der Waals surface area contributed by atoms with Crippen molar-refractivity contribution >= 4 is 46.0 Å². The number of hydrogen-bond donors (Lipinski definition) is 1. The van der Waals surface area contributed by atoms with Gasteiger partial charge < -0.3 is 29.0 Å². The van der Waals surface area contributed by atoms with Crippen LogP contribution in [0.25, 0.3) is 16.0 Å². The number of benzene rings is 2. The third kappa shape index (κ3) is 6.15. The number of halogens is 1. The van der Waals surface area contributed by atoms with E-state index in [-0.39, 0.29) is 13.2 Å². The minimum atomic E-state index is -0.978. The minimum Gasteiger partial charge on any atom is -0.490 e. The molecule has 3 heterocycles. The summed E-state index contributed by atoms with van der Waals surface area (Å²) in [6, 6.07) is 14.7. The molecule has 0 aliphatic carbocycles. The summed E-state index contributed by atoms with van der Waals surface area (Å²) in [6.07, 6.45) is 0.274. The van der Waals surface area contributed by atoms with Gasteiger partial charge in [-0.25, -0.2) is 14.6 Å². The average molecular weight is 628 g/mol. The van der Waals surface area contributed by atoms with Gasteiger partial charge in [0.05, 0.1) is 31.3 Å². The number of carbonyl (C=O) groups excluding carboxylic acids is 1. The van der Waals surface area contributed by atoms with Gasteiger partial charge in [0, 0.05) is 29.3 Å². The van der Waals surface area contributed by atoms with E-state index in [0.717, 1.165) is 16.6 Å². The van der Waals surface area contributed by atoms with Crippen LogP contribution in [0.3, 0.4) is 0 Å². The Kier molecular flexibility index (Phi) is 8.60. The van der Waals surface area contributed by atoms with Crippen LogP contribution in [0.2, 0.25) is 5.02 Å². The van der Waals surface area contributed by atoms with Crippen molar-refractivity contribution in [2.45, 2.75) is 39.4 Å². The van der Waals surface area contributed by atoms with Gasteiger partial charge in [0.1, 0.15) is 41.1 Å². The molecule has 0 bridgehead atoms. The van der Waals surface area contributed by atoms with Crippen molar-refractivity contribution < 1.29 is 33.6 Å². The molecule has 0 saturated carbocycles. The van der Waals surface area contributed by atoms with Crippen molar-refractivity contribution in [1.29, 1.82) is 0 Å². The highest BCUT2D eigenvalue weighted by atomic mass is 35.5. The van der Waals surface area contributed by atoms with E-state index in [0.29, 0.717) is 39.6 Å². The van der Waals surface area contributed by atoms with E-state index >= 15 is 0 Å². The number of esters is 1. The second kappa shape index (κ2) is 12.1. The first-order valence-electron chi connectivity index (χ1n) is 13.8. The fourth-order valence-corrected chi connectivity index (χ4v) is 6.30. The Morgan fingerprint density at radius 1 is 1.21 bits per heavy atom. The summed E-state index contributed by atoms with van der Waals surface area (Å²) in [5, 5.41) is 10.9. The van der Waals surface area contributed by atoms with Crippen LogP contribution in [0.4, 0.5) is 4.79 Å². The predicted molar refractivity (Wildman–Crippen MR) is 164 cm³/mol. The first-order valence-corrected chi connectivity index (χ1v) is 15.0. The van der Waals surface area contributed by atoms with Gasteiger partial charge in [-0.1, -0.05) is 50.6 Å². The van der Waals surface area contributed by atoms with Crippen molar-refractivity contribution in [3.8, 4) is 16.5 Å². The topological polar surface area (TPSA) is 112 Å². The Labute approximate surface area is 258 Å². The molecule has 1 aliphatic heterocycles. The molecule has 2 atom stereocenters. The van der Waals surface area contributed by atoms with E-state index in [2.05, 4.69) is 4.98 Å². The van der Waals surface area contributed by atoms with E-state index in [9.17, 15) is 14.7 Å². The summed E-state index contributed by atoms with van der Waals surface area (Å²) in [6.45, 7) is 8.88. The Hall–Kier alpha value is -3.80. The van der Waals surface area contributed by atoms with Crippen LogP contribution in [0.5, 0.6) is 11.5 Å². The number of carbonyl (C=O) groups is 2. The fraction of sp³-hybridized carbons (Fsp3) is 0.387. The molecule has 43 heavy (non-hydrogen) atoms. The van der Waals surface area contributed by atoms with Crippen LogP contribution in [0.15, 0.2) is 54.9 Å². The number of hydrogen-bond acceptors (Lipinski definition) is 8. The number of rotatable bonds is 8. The molecule has 2 aromatic heterocycles. The fourth-order valence-electron chi connectivity index (χ4n) is 5.02. The van der Waals surface area contributed by atoms with Crippen LogP contribution in [-0.2, 0) is 9.47 Å². The third-order valence-electron chi connectivity index (χ3n) is 7.75. The largest absolute Gasteiger partial charge is 0.490 e. The van der Waals surface area contributed by atoms with Crippen molar-refractivity contribution in [3.05, 3.63) is 70.3 Å².